The lowest BCUT2D eigenvalue weighted by atomic mass is 9.75. The molecule has 2 aliphatic rings. The molecule has 0 radical (unpaired) electrons. The second-order valence-corrected chi connectivity index (χ2v) is 8.05. The van der Waals surface area contributed by atoms with Gasteiger partial charge in [-0.3, -0.25) is 14.5 Å². The number of hydrogen-bond donors (Lipinski definition) is 2. The van der Waals surface area contributed by atoms with E-state index in [0.29, 0.717) is 44.9 Å². The maximum atomic E-state index is 12.9. The van der Waals surface area contributed by atoms with E-state index in [-0.39, 0.29) is 11.8 Å². The Morgan fingerprint density at radius 2 is 1.91 bits per heavy atom. The Morgan fingerprint density at radius 1 is 1.25 bits per heavy atom. The summed E-state index contributed by atoms with van der Waals surface area (Å²) in [6, 6.07) is 3.67. The normalized spacial score (nSPS) is 23.7. The third kappa shape index (κ3) is 5.80. The molecule has 0 unspecified atom stereocenters. The second kappa shape index (κ2) is 10.3. The topological polar surface area (TPSA) is 112 Å². The molecule has 2 N–H and O–H groups in total. The van der Waals surface area contributed by atoms with Crippen LogP contribution < -0.4 is 0 Å². The van der Waals surface area contributed by atoms with E-state index >= 15 is 0 Å². The van der Waals surface area contributed by atoms with E-state index in [4.69, 9.17) is 14.6 Å². The summed E-state index contributed by atoms with van der Waals surface area (Å²) in [5, 5.41) is 17.1. The molecule has 2 atom stereocenters. The van der Waals surface area contributed by atoms with Crippen LogP contribution in [0.1, 0.15) is 23.3 Å². The molecule has 12 heteroatoms. The summed E-state index contributed by atoms with van der Waals surface area (Å²) in [6.07, 6.45) is -1.89. The Balaban J connectivity index is 0.000000451. The van der Waals surface area contributed by atoms with Crippen LogP contribution in [0.5, 0.6) is 0 Å². The van der Waals surface area contributed by atoms with E-state index in [1.807, 2.05) is 34.8 Å². The van der Waals surface area contributed by atoms with E-state index in [1.165, 1.54) is 0 Å². The molecule has 0 spiro atoms. The van der Waals surface area contributed by atoms with Crippen LogP contribution in [0.15, 0.2) is 18.3 Å². The van der Waals surface area contributed by atoms with Crippen LogP contribution in [0, 0.1) is 11.3 Å². The lowest BCUT2D eigenvalue weighted by molar-refractivity contribution is -0.192. The first kappa shape index (κ1) is 25.7. The molecule has 1 aromatic rings. The fourth-order valence-electron chi connectivity index (χ4n) is 4.31. The zero-order valence-corrected chi connectivity index (χ0v) is 18.0. The Morgan fingerprint density at radius 3 is 2.41 bits per heavy atom. The number of aryl methyl sites for hydroxylation is 1. The molecule has 3 heterocycles. The van der Waals surface area contributed by atoms with Crippen LogP contribution in [0.2, 0.25) is 0 Å². The summed E-state index contributed by atoms with van der Waals surface area (Å²) in [4.78, 5) is 37.9. The van der Waals surface area contributed by atoms with Crippen LogP contribution in [-0.4, -0.2) is 95.0 Å². The number of carboxylic acids is 2. The number of carbonyl (C=O) groups excluding carboxylic acids is 1. The van der Waals surface area contributed by atoms with Crippen molar-refractivity contribution in [2.24, 2.45) is 18.4 Å². The molecule has 2 aliphatic heterocycles. The van der Waals surface area contributed by atoms with Gasteiger partial charge in [-0.25, -0.2) is 4.79 Å². The molecular weight excluding hydrogens is 435 g/mol. The number of ether oxygens (including phenoxy) is 1. The van der Waals surface area contributed by atoms with E-state index in [1.54, 1.807) is 7.11 Å². The van der Waals surface area contributed by atoms with Gasteiger partial charge in [0.2, 0.25) is 0 Å². The van der Waals surface area contributed by atoms with Gasteiger partial charge >= 0.3 is 18.1 Å². The fraction of sp³-hybridized carbons (Fsp3) is 0.650. The molecule has 2 saturated heterocycles. The van der Waals surface area contributed by atoms with Gasteiger partial charge in [-0.15, -0.1) is 0 Å². The number of nitrogens with zero attached hydrogens (tertiary/aromatic N) is 3. The maximum absolute atomic E-state index is 12.9. The number of fused-ring (bicyclic) bond motifs is 1. The van der Waals surface area contributed by atoms with Crippen LogP contribution in [0.3, 0.4) is 0 Å². The zero-order valence-electron chi connectivity index (χ0n) is 18.0. The van der Waals surface area contributed by atoms with Gasteiger partial charge in [0, 0.05) is 59.0 Å². The van der Waals surface area contributed by atoms with E-state index < -0.39 is 23.5 Å². The molecule has 1 aromatic heterocycles. The summed E-state index contributed by atoms with van der Waals surface area (Å²) in [5.41, 5.74) is -0.103. The first-order valence-corrected chi connectivity index (χ1v) is 10.1. The number of amides is 1. The molecule has 2 fully saturated rings. The van der Waals surface area contributed by atoms with Crippen molar-refractivity contribution in [3.63, 3.8) is 0 Å². The van der Waals surface area contributed by atoms with Crippen molar-refractivity contribution in [1.29, 1.82) is 0 Å². The number of hydrogen-bond acceptors (Lipinski definition) is 5. The Bertz CT molecular complexity index is 828. The number of carboxylic acid groups (broad SMARTS) is 2. The highest BCUT2D eigenvalue weighted by molar-refractivity contribution is 5.93. The fourth-order valence-corrected chi connectivity index (χ4v) is 4.31. The van der Waals surface area contributed by atoms with Crippen molar-refractivity contribution >= 4 is 17.8 Å². The van der Waals surface area contributed by atoms with Gasteiger partial charge < -0.3 is 24.4 Å². The second-order valence-electron chi connectivity index (χ2n) is 8.05. The minimum absolute atomic E-state index is 0.0102. The maximum Gasteiger partial charge on any atom is 0.490 e. The average Bonchev–Trinajstić information content (AvgIpc) is 3.24. The SMILES string of the molecule is COCCN1C[C@@H]2CN(C(=O)c3cccn3C)CCC[C@]2(C(=O)O)C1.O=C(O)C(F)(F)F. The molecule has 0 saturated carbocycles. The van der Waals surface area contributed by atoms with Gasteiger partial charge in [-0.2, -0.15) is 13.2 Å². The van der Waals surface area contributed by atoms with Gasteiger partial charge in [0.1, 0.15) is 5.69 Å². The summed E-state index contributed by atoms with van der Waals surface area (Å²) in [5.74, 6) is -3.55. The number of alkyl halides is 3. The molecule has 0 bridgehead atoms. The molecule has 0 aliphatic carbocycles. The van der Waals surface area contributed by atoms with Gasteiger partial charge in [0.15, 0.2) is 0 Å². The Labute approximate surface area is 183 Å². The quantitative estimate of drug-likeness (QED) is 0.681. The molecule has 1 amide bonds. The highest BCUT2D eigenvalue weighted by atomic mass is 19.4. The summed E-state index contributed by atoms with van der Waals surface area (Å²) in [6.45, 7) is 3.69. The van der Waals surface area contributed by atoms with Crippen LogP contribution in [0.25, 0.3) is 0 Å². The van der Waals surface area contributed by atoms with Gasteiger partial charge in [0.05, 0.1) is 12.0 Å². The number of carbonyl (C=O) groups is 3. The first-order chi connectivity index (χ1) is 14.9. The van der Waals surface area contributed by atoms with Gasteiger partial charge in [-0.05, 0) is 25.0 Å². The average molecular weight is 463 g/mol. The predicted molar refractivity (Wildman–Crippen MR) is 106 cm³/mol. The number of aliphatic carboxylic acids is 2. The predicted octanol–water partition coefficient (Wildman–Crippen LogP) is 1.54. The summed E-state index contributed by atoms with van der Waals surface area (Å²) >= 11 is 0. The van der Waals surface area contributed by atoms with Crippen molar-refractivity contribution in [1.82, 2.24) is 14.4 Å². The third-order valence-corrected chi connectivity index (χ3v) is 5.99. The molecule has 3 rings (SSSR count). The molecule has 9 nitrogen and oxygen atoms in total. The van der Waals surface area contributed by atoms with Gasteiger partial charge in [-0.1, -0.05) is 0 Å². The number of aromatic nitrogens is 1. The van der Waals surface area contributed by atoms with Crippen molar-refractivity contribution in [2.75, 3.05) is 46.4 Å². The minimum Gasteiger partial charge on any atom is -0.481 e. The van der Waals surface area contributed by atoms with Crippen LogP contribution >= 0.6 is 0 Å². The highest BCUT2D eigenvalue weighted by Gasteiger charge is 2.53. The van der Waals surface area contributed by atoms with Gasteiger partial charge in [0.25, 0.3) is 5.91 Å². The Kier molecular flexibility index (Phi) is 8.29. The van der Waals surface area contributed by atoms with Crippen molar-refractivity contribution < 1.29 is 42.5 Å². The standard InChI is InChI=1S/C18H27N3O4.C2HF3O2/c1-19-7-3-5-15(19)16(22)21-8-4-6-18(17(23)24)13-20(9-10-25-2)11-14(18)12-21;3-2(4,5)1(6)7/h3,5,7,14H,4,6,8-13H2,1-2H3,(H,23,24);(H,6,7)/t14-,18+;/m1./s1. The monoisotopic (exact) mass is 463 g/mol. The number of methoxy groups -OCH3 is 1. The zero-order chi connectivity index (χ0) is 24.1. The third-order valence-electron chi connectivity index (χ3n) is 5.99. The lowest BCUT2D eigenvalue weighted by Crippen LogP contribution is -2.42. The number of rotatable bonds is 5. The van der Waals surface area contributed by atoms with Crippen LogP contribution in [0.4, 0.5) is 13.2 Å². The van der Waals surface area contributed by atoms with Crippen molar-refractivity contribution in [2.45, 2.75) is 19.0 Å². The molecule has 0 aromatic carbocycles. The Hall–Kier alpha value is -2.60. The van der Waals surface area contributed by atoms with Crippen LogP contribution in [-0.2, 0) is 21.4 Å². The minimum atomic E-state index is -5.08. The lowest BCUT2D eigenvalue weighted by Gasteiger charge is -2.29. The van der Waals surface area contributed by atoms with Crippen molar-refractivity contribution in [3.8, 4) is 0 Å². The first-order valence-electron chi connectivity index (χ1n) is 10.1. The van der Waals surface area contributed by atoms with Crippen molar-refractivity contribution in [3.05, 3.63) is 24.0 Å². The molecular formula is C20H28F3N3O6. The smallest absolute Gasteiger partial charge is 0.481 e. The number of halogens is 3. The van der Waals surface area contributed by atoms with E-state index in [0.717, 1.165) is 13.0 Å². The highest BCUT2D eigenvalue weighted by Crippen LogP contribution is 2.43. The summed E-state index contributed by atoms with van der Waals surface area (Å²) in [7, 11) is 3.51. The largest absolute Gasteiger partial charge is 0.490 e. The number of likely N-dealkylation sites (tertiary alicyclic amines) is 2. The molecule has 180 valence electrons. The summed E-state index contributed by atoms with van der Waals surface area (Å²) < 4.78 is 38.7. The molecule has 32 heavy (non-hydrogen) atoms. The van der Waals surface area contributed by atoms with E-state index in [2.05, 4.69) is 4.90 Å². The van der Waals surface area contributed by atoms with E-state index in [9.17, 15) is 27.9 Å².